The first-order valence-corrected chi connectivity index (χ1v) is 12.6. The Morgan fingerprint density at radius 3 is 2.47 bits per heavy atom. The lowest BCUT2D eigenvalue weighted by atomic mass is 9.92. The van der Waals surface area contributed by atoms with Gasteiger partial charge in [-0.1, -0.05) is 26.0 Å². The number of hydrogen-bond donors (Lipinski definition) is 1. The lowest BCUT2D eigenvalue weighted by Gasteiger charge is -2.35. The number of likely N-dealkylation sites (tertiary alicyclic amines) is 1. The van der Waals surface area contributed by atoms with Gasteiger partial charge in [0.15, 0.2) is 0 Å². The molecule has 36 heavy (non-hydrogen) atoms. The molecule has 0 bridgehead atoms. The van der Waals surface area contributed by atoms with E-state index in [-0.39, 0.29) is 36.9 Å². The third-order valence-corrected chi connectivity index (χ3v) is 6.72. The molecule has 9 heteroatoms. The number of nitrogens with zero attached hydrogens (tertiary/aromatic N) is 3. The van der Waals surface area contributed by atoms with Gasteiger partial charge in [-0.15, -0.1) is 0 Å². The van der Waals surface area contributed by atoms with Gasteiger partial charge in [-0.05, 0) is 55.4 Å². The first-order chi connectivity index (χ1) is 17.3. The monoisotopic (exact) mass is 494 g/mol. The highest BCUT2D eigenvalue weighted by Gasteiger charge is 2.26. The van der Waals surface area contributed by atoms with Crippen LogP contribution in [0.2, 0.25) is 0 Å². The van der Waals surface area contributed by atoms with E-state index in [0.717, 1.165) is 6.42 Å². The van der Waals surface area contributed by atoms with E-state index in [1.165, 1.54) is 9.13 Å². The second-order valence-electron chi connectivity index (χ2n) is 9.90. The molecule has 192 valence electrons. The zero-order chi connectivity index (χ0) is 25.7. The molecule has 3 heterocycles. The average Bonchev–Trinajstić information content (AvgIpc) is 3.38. The molecule has 2 aromatic heterocycles. The molecule has 4 rings (SSSR count). The summed E-state index contributed by atoms with van der Waals surface area (Å²) in [4.78, 5) is 53.6. The smallest absolute Gasteiger partial charge is 0.331 e. The summed E-state index contributed by atoms with van der Waals surface area (Å²) in [5.74, 6) is 1.27. The number of aromatic nitrogens is 2. The van der Waals surface area contributed by atoms with Gasteiger partial charge in [0.2, 0.25) is 11.8 Å². The zero-order valence-corrected chi connectivity index (χ0v) is 20.9. The van der Waals surface area contributed by atoms with Crippen molar-refractivity contribution in [3.8, 4) is 0 Å². The summed E-state index contributed by atoms with van der Waals surface area (Å²) in [5.41, 5.74) is -0.401. The van der Waals surface area contributed by atoms with Crippen molar-refractivity contribution in [2.24, 2.45) is 11.8 Å². The predicted octanol–water partition coefficient (Wildman–Crippen LogP) is 2.75. The number of carbonyl (C=O) groups excluding carboxylic acids is 2. The largest absolute Gasteiger partial charge is 0.467 e. The van der Waals surface area contributed by atoms with Crippen LogP contribution in [0.3, 0.4) is 0 Å². The fraction of sp³-hybridized carbons (Fsp3) is 0.481. The Kier molecular flexibility index (Phi) is 8.07. The van der Waals surface area contributed by atoms with Crippen molar-refractivity contribution in [2.45, 2.75) is 59.2 Å². The third kappa shape index (κ3) is 5.95. The summed E-state index contributed by atoms with van der Waals surface area (Å²) in [7, 11) is 0. The van der Waals surface area contributed by atoms with Crippen LogP contribution < -0.4 is 16.6 Å². The van der Waals surface area contributed by atoms with E-state index < -0.39 is 5.69 Å². The molecule has 2 amide bonds. The van der Waals surface area contributed by atoms with E-state index >= 15 is 0 Å². The summed E-state index contributed by atoms with van der Waals surface area (Å²) < 4.78 is 7.81. The molecule has 3 aromatic rings. The lowest BCUT2D eigenvalue weighted by Crippen LogP contribution is -2.47. The number of rotatable bonds is 9. The summed E-state index contributed by atoms with van der Waals surface area (Å²) >= 11 is 0. The molecule has 1 aromatic carbocycles. The van der Waals surface area contributed by atoms with Crippen molar-refractivity contribution in [2.75, 3.05) is 13.1 Å². The number of hydrogen-bond acceptors (Lipinski definition) is 5. The predicted molar refractivity (Wildman–Crippen MR) is 136 cm³/mol. The van der Waals surface area contributed by atoms with Gasteiger partial charge < -0.3 is 14.6 Å². The number of piperidine rings is 1. The number of amides is 2. The molecular weight excluding hydrogens is 460 g/mol. The van der Waals surface area contributed by atoms with E-state index in [9.17, 15) is 19.2 Å². The first-order valence-electron chi connectivity index (χ1n) is 12.6. The molecule has 2 atom stereocenters. The number of para-hydroxylation sites is 1. The minimum absolute atomic E-state index is 0.103. The quantitative estimate of drug-likeness (QED) is 0.461. The summed E-state index contributed by atoms with van der Waals surface area (Å²) in [5, 5.41) is 3.19. The molecule has 0 radical (unpaired) electrons. The minimum Gasteiger partial charge on any atom is -0.467 e. The Morgan fingerprint density at radius 1 is 1.00 bits per heavy atom. The molecule has 1 aliphatic rings. The Morgan fingerprint density at radius 2 is 1.75 bits per heavy atom. The van der Waals surface area contributed by atoms with Crippen LogP contribution in [-0.4, -0.2) is 38.9 Å². The van der Waals surface area contributed by atoms with Crippen LogP contribution >= 0.6 is 0 Å². The molecule has 9 nitrogen and oxygen atoms in total. The van der Waals surface area contributed by atoms with Crippen LogP contribution in [-0.2, 0) is 29.2 Å². The Bertz CT molecular complexity index is 1310. The van der Waals surface area contributed by atoms with E-state index in [1.807, 2.05) is 4.90 Å². The van der Waals surface area contributed by atoms with Crippen molar-refractivity contribution >= 4 is 22.7 Å². The van der Waals surface area contributed by atoms with E-state index in [0.29, 0.717) is 61.0 Å². The highest BCUT2D eigenvalue weighted by Crippen LogP contribution is 2.21. The normalized spacial score (nSPS) is 17.9. The lowest BCUT2D eigenvalue weighted by molar-refractivity contribution is -0.134. The van der Waals surface area contributed by atoms with Crippen LogP contribution in [0.15, 0.2) is 56.7 Å². The molecule has 0 saturated carbocycles. The number of fused-ring (bicyclic) bond motifs is 1. The van der Waals surface area contributed by atoms with Crippen molar-refractivity contribution in [1.29, 1.82) is 0 Å². The van der Waals surface area contributed by atoms with Crippen LogP contribution in [0.1, 0.15) is 45.3 Å². The van der Waals surface area contributed by atoms with Gasteiger partial charge in [0, 0.05) is 26.1 Å². The Balaban J connectivity index is 1.46. The molecular formula is C27H34N4O5. The first kappa shape index (κ1) is 25.5. The molecule has 0 unspecified atom stereocenters. The summed E-state index contributed by atoms with van der Waals surface area (Å²) in [6.07, 6.45) is 3.91. The van der Waals surface area contributed by atoms with Crippen molar-refractivity contribution in [3.63, 3.8) is 0 Å². The Labute approximate surface area is 209 Å². The number of benzene rings is 1. The second-order valence-corrected chi connectivity index (χ2v) is 9.90. The van der Waals surface area contributed by atoms with Gasteiger partial charge >= 0.3 is 5.69 Å². The van der Waals surface area contributed by atoms with Crippen LogP contribution in [0, 0.1) is 11.8 Å². The molecule has 1 saturated heterocycles. The number of carbonyl (C=O) groups is 2. The van der Waals surface area contributed by atoms with E-state index in [2.05, 4.69) is 19.2 Å². The van der Waals surface area contributed by atoms with Crippen molar-refractivity contribution < 1.29 is 14.0 Å². The van der Waals surface area contributed by atoms with Crippen LogP contribution in [0.25, 0.3) is 10.9 Å². The van der Waals surface area contributed by atoms with Gasteiger partial charge in [0.25, 0.3) is 5.56 Å². The highest BCUT2D eigenvalue weighted by atomic mass is 16.3. The van der Waals surface area contributed by atoms with Crippen LogP contribution in [0.4, 0.5) is 0 Å². The fourth-order valence-electron chi connectivity index (χ4n) is 5.07. The summed E-state index contributed by atoms with van der Waals surface area (Å²) in [6, 6.07) is 10.5. The number of unbranched alkanes of at least 4 members (excludes halogenated alkanes) is 1. The van der Waals surface area contributed by atoms with Gasteiger partial charge in [-0.3, -0.25) is 23.5 Å². The zero-order valence-electron chi connectivity index (χ0n) is 20.9. The molecule has 0 spiro atoms. The standard InChI is InChI=1S/C27H34N4O5/c1-19-14-20(2)17-29(16-19)25(33)18-31-23-10-4-3-9-22(23)26(34)30(27(31)35)12-6-5-11-24(32)28-15-21-8-7-13-36-21/h3-4,7-10,13,19-20H,5-6,11-12,14-18H2,1-2H3,(H,28,32)/t19-,20+. The molecule has 0 aliphatic carbocycles. The van der Waals surface area contributed by atoms with Gasteiger partial charge in [0.1, 0.15) is 12.3 Å². The maximum atomic E-state index is 13.4. The van der Waals surface area contributed by atoms with Crippen molar-refractivity contribution in [3.05, 3.63) is 69.3 Å². The van der Waals surface area contributed by atoms with E-state index in [1.54, 1.807) is 42.7 Å². The SMILES string of the molecule is C[C@@H]1C[C@H](C)CN(C(=O)Cn2c(=O)n(CCCCC(=O)NCc3ccco3)c(=O)c3ccccc32)C1. The minimum atomic E-state index is -0.493. The van der Waals surface area contributed by atoms with Crippen LogP contribution in [0.5, 0.6) is 0 Å². The topological polar surface area (TPSA) is 107 Å². The average molecular weight is 495 g/mol. The Hall–Kier alpha value is -3.62. The number of nitrogens with one attached hydrogen (secondary N) is 1. The van der Waals surface area contributed by atoms with Gasteiger partial charge in [-0.2, -0.15) is 0 Å². The fourth-order valence-corrected chi connectivity index (χ4v) is 5.07. The van der Waals surface area contributed by atoms with E-state index in [4.69, 9.17) is 4.42 Å². The third-order valence-electron chi connectivity index (χ3n) is 6.72. The molecule has 1 fully saturated rings. The van der Waals surface area contributed by atoms with Gasteiger partial charge in [0.05, 0.1) is 23.7 Å². The second kappa shape index (κ2) is 11.4. The number of furan rings is 1. The maximum Gasteiger partial charge on any atom is 0.331 e. The van der Waals surface area contributed by atoms with Crippen molar-refractivity contribution in [1.82, 2.24) is 19.4 Å². The highest BCUT2D eigenvalue weighted by molar-refractivity contribution is 5.81. The van der Waals surface area contributed by atoms with Gasteiger partial charge in [-0.25, -0.2) is 4.79 Å². The molecule has 1 aliphatic heterocycles. The maximum absolute atomic E-state index is 13.4. The molecule has 1 N–H and O–H groups in total. The summed E-state index contributed by atoms with van der Waals surface area (Å²) in [6.45, 7) is 6.02.